The third-order valence-electron chi connectivity index (χ3n) is 4.46. The van der Waals surface area contributed by atoms with Crippen molar-refractivity contribution in [1.82, 2.24) is 0 Å². The molecule has 3 heteroatoms. The lowest BCUT2D eigenvalue weighted by Gasteiger charge is -2.14. The van der Waals surface area contributed by atoms with Crippen LogP contribution in [0.2, 0.25) is 0 Å². The van der Waals surface area contributed by atoms with Crippen LogP contribution in [-0.4, -0.2) is 12.4 Å². The number of carbonyl (C=O) groups is 1. The lowest BCUT2D eigenvalue weighted by Crippen LogP contribution is -2.35. The number of Topliss-reactive ketones (excluding diaryl/α,β-unsaturated/α-hetero) is 1. The third kappa shape index (κ3) is 3.61. The molecule has 0 saturated heterocycles. The Morgan fingerprint density at radius 3 is 2.70 bits per heavy atom. The molecule has 3 rings (SSSR count). The second-order valence-electron chi connectivity index (χ2n) is 6.19. The highest BCUT2D eigenvalue weighted by Crippen LogP contribution is 2.22. The van der Waals surface area contributed by atoms with Gasteiger partial charge in [0.05, 0.1) is 12.2 Å². The van der Waals surface area contributed by atoms with Gasteiger partial charge in [-0.1, -0.05) is 0 Å². The Morgan fingerprint density at radius 2 is 1.96 bits per heavy atom. The van der Waals surface area contributed by atoms with Gasteiger partial charge in [-0.15, -0.1) is 0 Å². The van der Waals surface area contributed by atoms with Crippen molar-refractivity contribution in [3.63, 3.8) is 0 Å². The number of aryl methyl sites for hydroxylation is 2. The molecule has 0 radical (unpaired) electrons. The number of ether oxygens (including phenoxy) is 1. The molecule has 0 atom stereocenters. The van der Waals surface area contributed by atoms with Crippen LogP contribution >= 0.6 is 0 Å². The van der Waals surface area contributed by atoms with Crippen LogP contribution in [-0.2, 0) is 19.4 Å². The zero-order chi connectivity index (χ0) is 16.2. The summed E-state index contributed by atoms with van der Waals surface area (Å²) in [5.74, 6) is 0.951. The van der Waals surface area contributed by atoms with Crippen LogP contribution in [0.25, 0.3) is 0 Å². The average Bonchev–Trinajstić information content (AvgIpc) is 2.56. The Kier molecular flexibility index (Phi) is 4.75. The highest BCUT2D eigenvalue weighted by atomic mass is 16.5. The van der Waals surface area contributed by atoms with Crippen LogP contribution in [0.15, 0.2) is 36.7 Å². The van der Waals surface area contributed by atoms with E-state index < -0.39 is 0 Å². The Hall–Kier alpha value is -2.16. The summed E-state index contributed by atoms with van der Waals surface area (Å²) in [6.45, 7) is 4.94. The molecule has 1 aliphatic rings. The zero-order valence-corrected chi connectivity index (χ0v) is 14.0. The van der Waals surface area contributed by atoms with Gasteiger partial charge >= 0.3 is 0 Å². The van der Waals surface area contributed by atoms with Crippen molar-refractivity contribution >= 4 is 5.78 Å². The highest BCUT2D eigenvalue weighted by molar-refractivity contribution is 5.94. The second-order valence-corrected chi connectivity index (χ2v) is 6.19. The summed E-state index contributed by atoms with van der Waals surface area (Å²) in [4.78, 5) is 11.7. The number of ketones is 1. The minimum absolute atomic E-state index is 0.0877. The lowest BCUT2D eigenvalue weighted by molar-refractivity contribution is -0.688. The van der Waals surface area contributed by atoms with Crippen molar-refractivity contribution in [3.05, 3.63) is 58.9 Å². The molecule has 1 aromatic carbocycles. The van der Waals surface area contributed by atoms with Gasteiger partial charge < -0.3 is 4.74 Å². The molecule has 0 fully saturated rings. The average molecular weight is 310 g/mol. The maximum absolute atomic E-state index is 11.7. The summed E-state index contributed by atoms with van der Waals surface area (Å²) in [6, 6.07) is 7.95. The number of carbonyl (C=O) groups excluding carboxylic acids is 1. The third-order valence-corrected chi connectivity index (χ3v) is 4.46. The second kappa shape index (κ2) is 6.95. The number of hydrogen-bond donors (Lipinski definition) is 0. The predicted molar refractivity (Wildman–Crippen MR) is 90.0 cm³/mol. The first-order chi connectivity index (χ1) is 11.2. The van der Waals surface area contributed by atoms with Gasteiger partial charge in [0.25, 0.3) is 0 Å². The smallest absolute Gasteiger partial charge is 0.177 e. The maximum atomic E-state index is 11.7. The number of fused-ring (bicyclic) bond motifs is 1. The van der Waals surface area contributed by atoms with Crippen LogP contribution in [0.1, 0.15) is 53.7 Å². The van der Waals surface area contributed by atoms with E-state index in [0.717, 1.165) is 23.4 Å². The van der Waals surface area contributed by atoms with Crippen molar-refractivity contribution in [2.24, 2.45) is 0 Å². The monoisotopic (exact) mass is 310 g/mol. The summed E-state index contributed by atoms with van der Waals surface area (Å²) in [5.41, 5.74) is 4.73. The maximum Gasteiger partial charge on any atom is 0.177 e. The van der Waals surface area contributed by atoms with Crippen molar-refractivity contribution in [3.8, 4) is 5.75 Å². The fourth-order valence-electron chi connectivity index (χ4n) is 3.23. The predicted octanol–water partition coefficient (Wildman–Crippen LogP) is 3.50. The molecule has 0 aliphatic heterocycles. The minimum Gasteiger partial charge on any atom is -0.493 e. The number of nitrogens with zero attached hydrogens (tertiary/aromatic N) is 1. The van der Waals surface area contributed by atoms with E-state index in [0.29, 0.717) is 6.61 Å². The molecule has 1 heterocycles. The van der Waals surface area contributed by atoms with Gasteiger partial charge in [-0.05, 0) is 63.3 Å². The van der Waals surface area contributed by atoms with Crippen LogP contribution in [0.5, 0.6) is 5.75 Å². The summed E-state index contributed by atoms with van der Waals surface area (Å²) in [5, 5.41) is 0. The molecule has 3 nitrogen and oxygen atoms in total. The van der Waals surface area contributed by atoms with Gasteiger partial charge in [0.1, 0.15) is 5.75 Å². The summed E-state index contributed by atoms with van der Waals surface area (Å²) in [7, 11) is 0. The van der Waals surface area contributed by atoms with E-state index in [1.807, 2.05) is 25.1 Å². The van der Waals surface area contributed by atoms with Crippen LogP contribution in [0.3, 0.4) is 0 Å². The van der Waals surface area contributed by atoms with E-state index in [-0.39, 0.29) is 5.78 Å². The van der Waals surface area contributed by atoms with Crippen molar-refractivity contribution in [1.29, 1.82) is 0 Å². The standard InChI is InChI=1S/C20H24NO2/c1-3-23-20-9-8-17(15(2)22)12-19(20)14-21-11-10-16-6-4-5-7-18(16)13-21/h8-13H,3-7,14H2,1-2H3/q+1. The number of hydrogen-bond acceptors (Lipinski definition) is 2. The highest BCUT2D eigenvalue weighted by Gasteiger charge is 2.16. The topological polar surface area (TPSA) is 30.2 Å². The van der Waals surface area contributed by atoms with Gasteiger partial charge in [0.15, 0.2) is 24.7 Å². The van der Waals surface area contributed by atoms with Gasteiger partial charge in [-0.25, -0.2) is 4.57 Å². The molecule has 0 amide bonds. The molecule has 1 aromatic heterocycles. The largest absolute Gasteiger partial charge is 0.493 e. The normalized spacial score (nSPS) is 13.5. The van der Waals surface area contributed by atoms with E-state index in [1.54, 1.807) is 6.92 Å². The van der Waals surface area contributed by atoms with E-state index >= 15 is 0 Å². The first-order valence-electron chi connectivity index (χ1n) is 8.45. The Labute approximate surface area is 137 Å². The van der Waals surface area contributed by atoms with E-state index in [9.17, 15) is 4.79 Å². The summed E-state index contributed by atoms with van der Waals surface area (Å²) in [6.07, 6.45) is 9.33. The van der Waals surface area contributed by atoms with Crippen LogP contribution in [0, 0.1) is 0 Å². The van der Waals surface area contributed by atoms with Gasteiger partial charge in [0.2, 0.25) is 0 Å². The van der Waals surface area contributed by atoms with Crippen molar-refractivity contribution in [2.45, 2.75) is 46.1 Å². The van der Waals surface area contributed by atoms with Gasteiger partial charge in [0, 0.05) is 17.2 Å². The first-order valence-corrected chi connectivity index (χ1v) is 8.45. The molecule has 0 unspecified atom stereocenters. The SMILES string of the molecule is CCOc1ccc(C(C)=O)cc1C[n+]1ccc2c(c1)CCCC2. The lowest BCUT2D eigenvalue weighted by atomic mass is 9.93. The molecular formula is C20H24NO2+. The molecule has 1 aliphatic carbocycles. The molecule has 120 valence electrons. The summed E-state index contributed by atoms with van der Waals surface area (Å²) < 4.78 is 7.93. The Bertz CT molecular complexity index is 722. The van der Waals surface area contributed by atoms with Gasteiger partial charge in [-0.3, -0.25) is 4.79 Å². The number of rotatable bonds is 5. The minimum atomic E-state index is 0.0877. The zero-order valence-electron chi connectivity index (χ0n) is 14.0. The number of pyridine rings is 1. The molecule has 2 aromatic rings. The van der Waals surface area contributed by atoms with Crippen molar-refractivity contribution < 1.29 is 14.1 Å². The Balaban J connectivity index is 1.91. The van der Waals surface area contributed by atoms with Gasteiger partial charge in [-0.2, -0.15) is 0 Å². The van der Waals surface area contributed by atoms with E-state index in [2.05, 4.69) is 23.0 Å². The number of benzene rings is 1. The fourth-order valence-corrected chi connectivity index (χ4v) is 3.23. The summed E-state index contributed by atoms with van der Waals surface area (Å²) >= 11 is 0. The Morgan fingerprint density at radius 1 is 1.17 bits per heavy atom. The molecule has 23 heavy (non-hydrogen) atoms. The molecule has 0 N–H and O–H groups in total. The van der Waals surface area contributed by atoms with E-state index in [4.69, 9.17) is 4.74 Å². The van der Waals surface area contributed by atoms with Crippen molar-refractivity contribution in [2.75, 3.05) is 6.61 Å². The van der Waals surface area contributed by atoms with E-state index in [1.165, 1.54) is 36.8 Å². The van der Waals surface area contributed by atoms with Crippen LogP contribution < -0.4 is 9.30 Å². The quantitative estimate of drug-likeness (QED) is 0.625. The molecule has 0 bridgehead atoms. The molecule has 0 saturated carbocycles. The number of aromatic nitrogens is 1. The first kappa shape index (κ1) is 15.7. The van der Waals surface area contributed by atoms with Crippen LogP contribution in [0.4, 0.5) is 0 Å². The fraction of sp³-hybridized carbons (Fsp3) is 0.400. The molecule has 0 spiro atoms. The molecular weight excluding hydrogens is 286 g/mol.